The highest BCUT2D eigenvalue weighted by Crippen LogP contribution is 2.68. The van der Waals surface area contributed by atoms with Crippen molar-refractivity contribution in [1.29, 1.82) is 0 Å². The number of carbonyl (C=O) groups excluding carboxylic acids is 1. The zero-order valence-electron chi connectivity index (χ0n) is 23.4. The molecule has 3 unspecified atom stereocenters. The van der Waals surface area contributed by atoms with Gasteiger partial charge in [-0.05, 0) is 104 Å². The zero-order chi connectivity index (χ0) is 28.2. The summed E-state index contributed by atoms with van der Waals surface area (Å²) < 4.78 is 48.3. The van der Waals surface area contributed by atoms with Gasteiger partial charge in [0.2, 0.25) is 0 Å². The van der Waals surface area contributed by atoms with E-state index < -0.39 is 12.1 Å². The molecule has 0 heterocycles. The van der Waals surface area contributed by atoms with Crippen molar-refractivity contribution in [3.8, 4) is 5.75 Å². The summed E-state index contributed by atoms with van der Waals surface area (Å²) in [5.41, 5.74) is 6.05. The number of rotatable bonds is 7. The van der Waals surface area contributed by atoms with Gasteiger partial charge < -0.3 is 20.2 Å². The highest BCUT2D eigenvalue weighted by molar-refractivity contribution is 5.88. The molecule has 1 aromatic rings. The lowest BCUT2D eigenvalue weighted by Gasteiger charge is -2.62. The topological polar surface area (TPSA) is 90.8 Å². The van der Waals surface area contributed by atoms with Crippen molar-refractivity contribution < 1.29 is 27.4 Å². The van der Waals surface area contributed by atoms with Crippen molar-refractivity contribution in [2.24, 2.45) is 52.2 Å². The molecule has 0 amide bonds. The molecule has 0 spiro atoms. The fourth-order valence-corrected chi connectivity index (χ4v) is 9.70. The summed E-state index contributed by atoms with van der Waals surface area (Å²) in [7, 11) is 1.85. The second-order valence-corrected chi connectivity index (χ2v) is 13.2. The van der Waals surface area contributed by atoms with E-state index in [1.54, 1.807) is 0 Å². The van der Waals surface area contributed by atoms with Crippen molar-refractivity contribution in [3.63, 3.8) is 0 Å². The number of carbonyl (C=O) groups is 1. The standard InChI is InChI=1S/C30H44F3N3O3/c1-18-11-14-29(17-38-3)19(15-18)7-8-20-21-9-10-23(28(21,2)13-12-22(20)29)25(37)16-36(35)24-5-4-6-26(27(24)34)39-30(31,32)33/h4-6,18-23H,7-17,34-35H2,1-3H3/t18-,19?,20-,21?,22?,23+,28-,29+/m0/s1. The summed E-state index contributed by atoms with van der Waals surface area (Å²) in [6.45, 7) is 5.43. The molecule has 8 atom stereocenters. The second-order valence-electron chi connectivity index (χ2n) is 13.2. The van der Waals surface area contributed by atoms with Gasteiger partial charge in [-0.1, -0.05) is 26.3 Å². The third kappa shape index (κ3) is 5.03. The molecule has 0 aromatic heterocycles. The molecule has 39 heavy (non-hydrogen) atoms. The van der Waals surface area contributed by atoms with Crippen molar-refractivity contribution in [1.82, 2.24) is 0 Å². The van der Waals surface area contributed by atoms with Crippen LogP contribution in [-0.2, 0) is 9.53 Å². The Hall–Kier alpha value is -2.00. The average Bonchev–Trinajstić information content (AvgIpc) is 3.22. The number of hydrogen-bond acceptors (Lipinski definition) is 6. The quantitative estimate of drug-likeness (QED) is 0.234. The van der Waals surface area contributed by atoms with Crippen LogP contribution in [0.1, 0.15) is 71.6 Å². The van der Waals surface area contributed by atoms with Crippen molar-refractivity contribution in [2.75, 3.05) is 31.0 Å². The molecule has 6 nitrogen and oxygen atoms in total. The number of hydrazine groups is 1. The number of anilines is 2. The molecule has 9 heteroatoms. The van der Waals surface area contributed by atoms with E-state index in [1.165, 1.54) is 49.2 Å². The molecule has 0 bridgehead atoms. The first-order valence-corrected chi connectivity index (χ1v) is 14.6. The Morgan fingerprint density at radius 2 is 1.87 bits per heavy atom. The molecular formula is C30H44F3N3O3. The number of ketones is 1. The number of Topliss-reactive ketones (excluding diaryl/α,β-unsaturated/α-hetero) is 1. The van der Waals surface area contributed by atoms with Crippen LogP contribution < -0.4 is 21.3 Å². The number of para-hydroxylation sites is 1. The average molecular weight is 552 g/mol. The first-order valence-electron chi connectivity index (χ1n) is 14.6. The molecule has 218 valence electrons. The number of fused-ring (bicyclic) bond motifs is 5. The Bertz CT molecular complexity index is 1070. The molecule has 0 aliphatic heterocycles. The third-order valence-electron chi connectivity index (χ3n) is 11.3. The number of benzene rings is 1. The van der Waals surface area contributed by atoms with E-state index >= 15 is 0 Å². The number of nitrogens with zero attached hydrogens (tertiary/aromatic N) is 1. The molecular weight excluding hydrogens is 507 g/mol. The van der Waals surface area contributed by atoms with E-state index in [2.05, 4.69) is 18.6 Å². The molecule has 1 aromatic carbocycles. The van der Waals surface area contributed by atoms with Gasteiger partial charge in [-0.25, -0.2) is 5.84 Å². The van der Waals surface area contributed by atoms with Gasteiger partial charge in [0, 0.05) is 13.0 Å². The van der Waals surface area contributed by atoms with Gasteiger partial charge in [-0.3, -0.25) is 4.79 Å². The number of halogens is 3. The summed E-state index contributed by atoms with van der Waals surface area (Å²) in [6, 6.07) is 4.04. The predicted octanol–water partition coefficient (Wildman–Crippen LogP) is 6.34. The smallest absolute Gasteiger partial charge is 0.403 e. The van der Waals surface area contributed by atoms with Crippen LogP contribution in [0.5, 0.6) is 5.75 Å². The van der Waals surface area contributed by atoms with Crippen LogP contribution in [0.3, 0.4) is 0 Å². The number of alkyl halides is 3. The van der Waals surface area contributed by atoms with Crippen molar-refractivity contribution in [3.05, 3.63) is 18.2 Å². The Morgan fingerprint density at radius 3 is 2.59 bits per heavy atom. The Morgan fingerprint density at radius 1 is 1.10 bits per heavy atom. The molecule has 0 saturated heterocycles. The highest BCUT2D eigenvalue weighted by atomic mass is 19.4. The maximum Gasteiger partial charge on any atom is 0.573 e. The second kappa shape index (κ2) is 10.4. The lowest BCUT2D eigenvalue weighted by Crippen LogP contribution is -2.56. The number of nitrogen functional groups attached to an aromatic ring is 1. The van der Waals surface area contributed by atoms with Crippen LogP contribution >= 0.6 is 0 Å². The van der Waals surface area contributed by atoms with E-state index in [0.717, 1.165) is 50.2 Å². The maximum absolute atomic E-state index is 13.7. The summed E-state index contributed by atoms with van der Waals surface area (Å²) in [4.78, 5) is 13.7. The van der Waals surface area contributed by atoms with E-state index in [0.29, 0.717) is 17.8 Å². The normalized spacial score (nSPS) is 37.9. The summed E-state index contributed by atoms with van der Waals surface area (Å²) in [5.74, 6) is 8.91. The van der Waals surface area contributed by atoms with E-state index in [-0.39, 0.29) is 40.5 Å². The molecule has 0 radical (unpaired) electrons. The Balaban J connectivity index is 1.31. The minimum atomic E-state index is -4.87. The van der Waals surface area contributed by atoms with Crippen LogP contribution in [0.2, 0.25) is 0 Å². The molecule has 4 aliphatic rings. The van der Waals surface area contributed by atoms with Gasteiger partial charge in [0.25, 0.3) is 0 Å². The highest BCUT2D eigenvalue weighted by Gasteiger charge is 2.62. The first-order chi connectivity index (χ1) is 18.4. The van der Waals surface area contributed by atoms with Crippen LogP contribution in [0.25, 0.3) is 0 Å². The van der Waals surface area contributed by atoms with Crippen LogP contribution in [0.15, 0.2) is 18.2 Å². The number of ether oxygens (including phenoxy) is 2. The van der Waals surface area contributed by atoms with Crippen LogP contribution in [-0.4, -0.2) is 32.4 Å². The predicted molar refractivity (Wildman–Crippen MR) is 145 cm³/mol. The maximum atomic E-state index is 13.7. The van der Waals surface area contributed by atoms with Gasteiger partial charge in [-0.2, -0.15) is 0 Å². The molecule has 4 fully saturated rings. The molecule has 4 aliphatic carbocycles. The minimum Gasteiger partial charge on any atom is -0.403 e. The third-order valence-corrected chi connectivity index (χ3v) is 11.3. The van der Waals surface area contributed by atoms with Crippen LogP contribution in [0, 0.1) is 46.3 Å². The lowest BCUT2D eigenvalue weighted by molar-refractivity contribution is -0.274. The van der Waals surface area contributed by atoms with E-state index in [1.807, 2.05) is 7.11 Å². The number of hydrogen-bond donors (Lipinski definition) is 2. The minimum absolute atomic E-state index is 0.0364. The lowest BCUT2D eigenvalue weighted by atomic mass is 9.44. The molecule has 5 rings (SSSR count). The van der Waals surface area contributed by atoms with Crippen molar-refractivity contribution >= 4 is 17.2 Å². The van der Waals surface area contributed by atoms with Crippen molar-refractivity contribution in [2.45, 2.75) is 78.0 Å². The first kappa shape index (κ1) is 28.5. The fraction of sp³-hybridized carbons (Fsp3) is 0.767. The van der Waals surface area contributed by atoms with Crippen LogP contribution in [0.4, 0.5) is 24.5 Å². The SMILES string of the molecule is COC[C@]12CC[C@H](C)CC1CC[C@@H]1C2CC[C@@]2(C)C1CC[C@@H]2C(=O)CN(N)c1cccc(OC(F)(F)F)c1N. The molecule has 4 N–H and O–H groups in total. The van der Waals surface area contributed by atoms with Gasteiger partial charge in [0.1, 0.15) is 0 Å². The summed E-state index contributed by atoms with van der Waals surface area (Å²) in [5, 5.41) is 1.17. The van der Waals surface area contributed by atoms with E-state index in [9.17, 15) is 18.0 Å². The number of methoxy groups -OCH3 is 1. The van der Waals surface area contributed by atoms with Gasteiger partial charge >= 0.3 is 6.36 Å². The zero-order valence-corrected chi connectivity index (χ0v) is 23.4. The van der Waals surface area contributed by atoms with Gasteiger partial charge in [0.15, 0.2) is 11.5 Å². The van der Waals surface area contributed by atoms with Gasteiger partial charge in [0.05, 0.1) is 24.5 Å². The Kier molecular flexibility index (Phi) is 7.63. The molecule has 4 saturated carbocycles. The number of nitrogens with two attached hydrogens (primary N) is 2. The summed E-state index contributed by atoms with van der Waals surface area (Å²) in [6.07, 6.45) is 5.48. The summed E-state index contributed by atoms with van der Waals surface area (Å²) >= 11 is 0. The van der Waals surface area contributed by atoms with E-state index in [4.69, 9.17) is 16.3 Å². The largest absolute Gasteiger partial charge is 0.573 e. The van der Waals surface area contributed by atoms with Gasteiger partial charge in [-0.15, -0.1) is 13.2 Å². The fourth-order valence-electron chi connectivity index (χ4n) is 9.70. The Labute approximate surface area is 229 Å². The monoisotopic (exact) mass is 551 g/mol.